The predicted octanol–water partition coefficient (Wildman–Crippen LogP) is -0.430. The average molecular weight is 233 g/mol. The minimum absolute atomic E-state index is 0.302. The number of likely N-dealkylation sites (N-methyl/N-ethyl adjacent to an activating group) is 1. The van der Waals surface area contributed by atoms with Crippen LogP contribution in [0.1, 0.15) is 0 Å². The van der Waals surface area contributed by atoms with Crippen LogP contribution in [0.15, 0.2) is 0 Å². The Morgan fingerprint density at radius 1 is 1.64 bits per heavy atom. The maximum absolute atomic E-state index is 11.8. The number of amides is 1. The van der Waals surface area contributed by atoms with Gasteiger partial charge < -0.3 is 14.3 Å². The second kappa shape index (κ2) is 5.45. The van der Waals surface area contributed by atoms with Gasteiger partial charge in [-0.2, -0.15) is 13.2 Å². The predicted molar refractivity (Wildman–Crippen MR) is 40.8 cm³/mol. The van der Waals surface area contributed by atoms with Crippen LogP contribution < -0.4 is 10.4 Å². The molecule has 14 heavy (non-hydrogen) atoms. The molecule has 0 radical (unpaired) electrons. The van der Waals surface area contributed by atoms with Crippen molar-refractivity contribution in [2.75, 3.05) is 20.2 Å². The van der Waals surface area contributed by atoms with Gasteiger partial charge in [-0.05, 0) is 0 Å². The maximum atomic E-state index is 11.8. The van der Waals surface area contributed by atoms with Crippen LogP contribution in [0, 0.1) is 0 Å². The first-order chi connectivity index (χ1) is 6.25. The lowest BCUT2D eigenvalue weighted by Gasteiger charge is -2.21. The van der Waals surface area contributed by atoms with Crippen molar-refractivity contribution in [2.24, 2.45) is 5.50 Å². The van der Waals surface area contributed by atoms with Crippen molar-refractivity contribution in [3.05, 3.63) is 0 Å². The molecule has 0 aliphatic rings. The van der Waals surface area contributed by atoms with Gasteiger partial charge in [0.1, 0.15) is 0 Å². The molecule has 1 amide bonds. The second-order valence-electron chi connectivity index (χ2n) is 2.34. The zero-order valence-corrected chi connectivity index (χ0v) is 8.14. The van der Waals surface area contributed by atoms with Crippen molar-refractivity contribution in [1.29, 1.82) is 0 Å². The smallest absolute Gasteiger partial charge is 0.471 e. The van der Waals surface area contributed by atoms with E-state index in [0.29, 0.717) is 4.90 Å². The molecule has 0 saturated carbocycles. The van der Waals surface area contributed by atoms with E-state index >= 15 is 0 Å². The number of rotatable bonds is 4. The number of nitrogens with two attached hydrogens (primary N) is 1. The van der Waals surface area contributed by atoms with Gasteiger partial charge in [-0.15, -0.1) is 0 Å². The molecular weight excluding hydrogens is 224 g/mol. The summed E-state index contributed by atoms with van der Waals surface area (Å²) in [5.41, 5.74) is 4.70. The van der Waals surface area contributed by atoms with Gasteiger partial charge in [0.05, 0.1) is 6.61 Å². The summed E-state index contributed by atoms with van der Waals surface area (Å²) >= 11 is 0. The highest BCUT2D eigenvalue weighted by molar-refractivity contribution is 7.41. The summed E-state index contributed by atoms with van der Waals surface area (Å²) in [7, 11) is -1.39. The Hall–Kier alpha value is -0.430. The van der Waals surface area contributed by atoms with E-state index in [2.05, 4.69) is 4.52 Å². The molecule has 0 heterocycles. The molecule has 0 fully saturated rings. The van der Waals surface area contributed by atoms with Gasteiger partial charge in [0.15, 0.2) is 0 Å². The van der Waals surface area contributed by atoms with Crippen molar-refractivity contribution in [2.45, 2.75) is 6.18 Å². The number of carbonyl (C=O) groups is 1. The van der Waals surface area contributed by atoms with E-state index < -0.39 is 20.6 Å². The van der Waals surface area contributed by atoms with E-state index in [-0.39, 0.29) is 13.2 Å². The molecule has 0 rings (SSSR count). The van der Waals surface area contributed by atoms with Crippen molar-refractivity contribution in [3.63, 3.8) is 0 Å². The quantitative estimate of drug-likeness (QED) is 0.668. The molecule has 0 aromatic carbocycles. The fourth-order valence-electron chi connectivity index (χ4n) is 0.586. The lowest BCUT2D eigenvalue weighted by Crippen LogP contribution is -2.40. The fourth-order valence-corrected chi connectivity index (χ4v) is 0.847. The molecule has 0 aromatic rings. The summed E-state index contributed by atoms with van der Waals surface area (Å²) in [6, 6.07) is 0. The second-order valence-corrected chi connectivity index (χ2v) is 3.17. The van der Waals surface area contributed by atoms with Gasteiger partial charge in [-0.1, -0.05) is 0 Å². The van der Waals surface area contributed by atoms with Gasteiger partial charge in [-0.3, -0.25) is 10.3 Å². The number of hydrogen-bond donors (Lipinski definition) is 1. The summed E-state index contributed by atoms with van der Waals surface area (Å²) < 4.78 is 39.6. The largest absolute Gasteiger partial charge is 0.796 e. The fraction of sp³-hybridized carbons (Fsp3) is 0.800. The number of carbonyl (C=O) groups excluding carboxylic acids is 1. The van der Waals surface area contributed by atoms with Crippen molar-refractivity contribution >= 4 is 14.4 Å². The van der Waals surface area contributed by atoms with Crippen LogP contribution in [-0.4, -0.2) is 37.2 Å². The summed E-state index contributed by atoms with van der Waals surface area (Å²) in [5.74, 6) is -1.98. The van der Waals surface area contributed by atoms with Gasteiger partial charge in [0.25, 0.3) is 0 Å². The van der Waals surface area contributed by atoms with E-state index in [4.69, 9.17) is 5.50 Å². The molecule has 0 aromatic heterocycles. The number of halogens is 3. The lowest BCUT2D eigenvalue weighted by atomic mass is 10.5. The number of nitrogens with zero attached hydrogens (tertiary/aromatic N) is 1. The molecule has 0 saturated heterocycles. The zero-order valence-electron chi connectivity index (χ0n) is 7.24. The number of hydrogen-bond acceptors (Lipinski definition) is 4. The Morgan fingerprint density at radius 2 is 2.14 bits per heavy atom. The van der Waals surface area contributed by atoms with Crippen LogP contribution in [0.4, 0.5) is 13.2 Å². The Labute approximate surface area is 79.6 Å². The van der Waals surface area contributed by atoms with E-state index in [1.54, 1.807) is 0 Å². The first-order valence-corrected chi connectivity index (χ1v) is 4.67. The standard InChI is InChI=1S/C5H9F3N2O3P/c1-10(2-3-13-14(9)12)4(11)5(6,7)8/h2-3,9H2,1H3/q-1. The first kappa shape index (κ1) is 13.6. The molecule has 0 spiro atoms. The van der Waals surface area contributed by atoms with Gasteiger partial charge in [0, 0.05) is 22.1 Å². The minimum Gasteiger partial charge on any atom is -0.796 e. The van der Waals surface area contributed by atoms with Crippen LogP contribution in [0.2, 0.25) is 0 Å². The molecule has 5 nitrogen and oxygen atoms in total. The monoisotopic (exact) mass is 233 g/mol. The SMILES string of the molecule is CN(CCOP(N)[O-])C(=O)C(F)(F)F. The zero-order chi connectivity index (χ0) is 11.4. The minimum atomic E-state index is -4.90. The molecule has 0 aliphatic heterocycles. The van der Waals surface area contributed by atoms with Crippen LogP contribution >= 0.6 is 8.53 Å². The van der Waals surface area contributed by atoms with Crippen molar-refractivity contribution < 1.29 is 27.4 Å². The Bertz CT molecular complexity index is 199. The van der Waals surface area contributed by atoms with Crippen molar-refractivity contribution in [1.82, 2.24) is 4.90 Å². The summed E-state index contributed by atoms with van der Waals surface area (Å²) in [4.78, 5) is 21.1. The summed E-state index contributed by atoms with van der Waals surface area (Å²) in [6.07, 6.45) is -4.90. The topological polar surface area (TPSA) is 78.6 Å². The van der Waals surface area contributed by atoms with Crippen LogP contribution in [0.25, 0.3) is 0 Å². The normalized spacial score (nSPS) is 13.9. The van der Waals surface area contributed by atoms with Crippen LogP contribution in [0.5, 0.6) is 0 Å². The molecule has 1 unspecified atom stereocenters. The van der Waals surface area contributed by atoms with E-state index in [9.17, 15) is 22.9 Å². The molecule has 1 atom stereocenters. The molecule has 2 N–H and O–H groups in total. The third kappa shape index (κ3) is 5.33. The highest BCUT2D eigenvalue weighted by Crippen LogP contribution is 2.18. The lowest BCUT2D eigenvalue weighted by molar-refractivity contribution is -0.187. The van der Waals surface area contributed by atoms with E-state index in [1.807, 2.05) is 0 Å². The van der Waals surface area contributed by atoms with Gasteiger partial charge in [0.2, 0.25) is 0 Å². The van der Waals surface area contributed by atoms with Gasteiger partial charge in [-0.25, -0.2) is 0 Å². The molecule has 84 valence electrons. The number of alkyl halides is 3. The molecule has 0 aliphatic carbocycles. The third-order valence-corrected chi connectivity index (χ3v) is 1.67. The third-order valence-electron chi connectivity index (χ3n) is 1.23. The van der Waals surface area contributed by atoms with E-state index in [0.717, 1.165) is 7.05 Å². The van der Waals surface area contributed by atoms with Crippen LogP contribution in [-0.2, 0) is 9.32 Å². The molecular formula is C5H9F3N2O3P-. The molecule has 9 heteroatoms. The van der Waals surface area contributed by atoms with E-state index in [1.165, 1.54) is 0 Å². The summed E-state index contributed by atoms with van der Waals surface area (Å²) in [6.45, 7) is -0.624. The summed E-state index contributed by atoms with van der Waals surface area (Å²) in [5, 5.41) is 0. The van der Waals surface area contributed by atoms with Gasteiger partial charge >= 0.3 is 12.1 Å². The maximum Gasteiger partial charge on any atom is 0.471 e. The van der Waals surface area contributed by atoms with Crippen LogP contribution in [0.3, 0.4) is 0 Å². The Morgan fingerprint density at radius 3 is 2.50 bits per heavy atom. The average Bonchev–Trinajstić information content (AvgIpc) is 2.00. The van der Waals surface area contributed by atoms with Crippen molar-refractivity contribution in [3.8, 4) is 0 Å². The Balaban J connectivity index is 3.86. The highest BCUT2D eigenvalue weighted by Gasteiger charge is 2.40. The first-order valence-electron chi connectivity index (χ1n) is 3.42. The molecule has 0 bridgehead atoms. The Kier molecular flexibility index (Phi) is 5.28. The highest BCUT2D eigenvalue weighted by atomic mass is 31.2.